The van der Waals surface area contributed by atoms with E-state index < -0.39 is 0 Å². The molecule has 0 saturated heterocycles. The normalized spacial score (nSPS) is 10.6. The summed E-state index contributed by atoms with van der Waals surface area (Å²) < 4.78 is 5.23. The van der Waals surface area contributed by atoms with Crippen molar-refractivity contribution in [2.45, 2.75) is 44.9 Å². The highest BCUT2D eigenvalue weighted by molar-refractivity contribution is 5.69. The van der Waals surface area contributed by atoms with Crippen LogP contribution in [0.3, 0.4) is 0 Å². The maximum Gasteiger partial charge on any atom is 0.306 e. The van der Waals surface area contributed by atoms with Gasteiger partial charge in [0, 0.05) is 6.42 Å². The van der Waals surface area contributed by atoms with E-state index in [1.54, 1.807) is 6.07 Å². The van der Waals surface area contributed by atoms with Crippen LogP contribution < -0.4 is 0 Å². The van der Waals surface area contributed by atoms with E-state index in [9.17, 15) is 15.0 Å². The Kier molecular flexibility index (Phi) is 7.83. The minimum absolute atomic E-state index is 0.154. The summed E-state index contributed by atoms with van der Waals surface area (Å²) in [6.45, 7) is 0.463. The third-order valence-electron chi connectivity index (χ3n) is 4.12. The highest BCUT2D eigenvalue weighted by Gasteiger charge is 2.06. The summed E-state index contributed by atoms with van der Waals surface area (Å²) in [5.74, 6) is -0.545. The molecule has 0 spiro atoms. The summed E-state index contributed by atoms with van der Waals surface area (Å²) in [6, 6.07) is 15.0. The second-order valence-electron chi connectivity index (χ2n) is 6.19. The average molecular weight is 342 g/mol. The van der Waals surface area contributed by atoms with Crippen LogP contribution in [0.5, 0.6) is 11.5 Å². The Morgan fingerprint density at radius 3 is 2.32 bits per heavy atom. The summed E-state index contributed by atoms with van der Waals surface area (Å²) in [5.41, 5.74) is 2.17. The number of hydrogen-bond donors (Lipinski definition) is 2. The molecule has 0 amide bonds. The zero-order valence-electron chi connectivity index (χ0n) is 14.5. The fraction of sp³-hybridized carbons (Fsp3) is 0.381. The van der Waals surface area contributed by atoms with Gasteiger partial charge in [0.05, 0.1) is 6.61 Å². The topological polar surface area (TPSA) is 66.8 Å². The van der Waals surface area contributed by atoms with Gasteiger partial charge in [0.15, 0.2) is 11.5 Å². The van der Waals surface area contributed by atoms with E-state index in [0.717, 1.165) is 37.7 Å². The number of unbranched alkanes of at least 4 members (excludes halogenated alkanes) is 3. The summed E-state index contributed by atoms with van der Waals surface area (Å²) >= 11 is 0. The molecule has 0 atom stereocenters. The molecule has 134 valence electrons. The van der Waals surface area contributed by atoms with Crippen LogP contribution in [0.15, 0.2) is 48.5 Å². The van der Waals surface area contributed by atoms with Crippen molar-refractivity contribution in [2.75, 3.05) is 6.61 Å². The summed E-state index contributed by atoms with van der Waals surface area (Å²) in [7, 11) is 0. The van der Waals surface area contributed by atoms with Crippen LogP contribution in [-0.4, -0.2) is 22.8 Å². The number of carbonyl (C=O) groups excluding carboxylic acids is 1. The molecule has 0 bridgehead atoms. The molecule has 0 aromatic heterocycles. The van der Waals surface area contributed by atoms with Gasteiger partial charge < -0.3 is 14.9 Å². The summed E-state index contributed by atoms with van der Waals surface area (Å²) in [4.78, 5) is 11.7. The first kappa shape index (κ1) is 18.8. The Labute approximate surface area is 149 Å². The maximum absolute atomic E-state index is 11.7. The van der Waals surface area contributed by atoms with Crippen molar-refractivity contribution in [3.05, 3.63) is 59.7 Å². The second-order valence-corrected chi connectivity index (χ2v) is 6.19. The molecular weight excluding hydrogens is 316 g/mol. The van der Waals surface area contributed by atoms with Crippen molar-refractivity contribution in [1.29, 1.82) is 0 Å². The molecule has 0 radical (unpaired) electrons. The molecule has 4 heteroatoms. The minimum atomic E-state index is -0.225. The largest absolute Gasteiger partial charge is 0.504 e. The van der Waals surface area contributed by atoms with E-state index >= 15 is 0 Å². The van der Waals surface area contributed by atoms with Gasteiger partial charge in [0.1, 0.15) is 0 Å². The number of carbonyl (C=O) groups is 1. The molecule has 25 heavy (non-hydrogen) atoms. The first-order valence-electron chi connectivity index (χ1n) is 8.85. The van der Waals surface area contributed by atoms with E-state index in [1.165, 1.54) is 17.7 Å². The number of rotatable bonds is 10. The quantitative estimate of drug-likeness (QED) is 0.382. The number of phenols is 2. The van der Waals surface area contributed by atoms with Crippen LogP contribution in [-0.2, 0) is 22.4 Å². The average Bonchev–Trinajstić information content (AvgIpc) is 2.63. The zero-order chi connectivity index (χ0) is 17.9. The number of aryl methyl sites for hydroxylation is 2. The van der Waals surface area contributed by atoms with Gasteiger partial charge in [-0.3, -0.25) is 4.79 Å². The predicted octanol–water partition coefficient (Wildman–Crippen LogP) is 4.38. The van der Waals surface area contributed by atoms with E-state index in [2.05, 4.69) is 24.3 Å². The molecule has 2 aromatic carbocycles. The standard InChI is InChI=1S/C21H26O4/c22-19-13-11-18(16-20(19)23)12-14-21(24)25-15-7-2-1-4-8-17-9-5-3-6-10-17/h3,5-6,9-11,13,16,22-23H,1-2,4,7-8,12,14-15H2. The van der Waals surface area contributed by atoms with Crippen LogP contribution in [0.2, 0.25) is 0 Å². The summed E-state index contributed by atoms with van der Waals surface area (Å²) in [6.07, 6.45) is 6.11. The van der Waals surface area contributed by atoms with Crippen LogP contribution in [0, 0.1) is 0 Å². The van der Waals surface area contributed by atoms with Crippen molar-refractivity contribution < 1.29 is 19.7 Å². The molecule has 4 nitrogen and oxygen atoms in total. The highest BCUT2D eigenvalue weighted by atomic mass is 16.5. The molecule has 0 aliphatic rings. The lowest BCUT2D eigenvalue weighted by atomic mass is 10.1. The smallest absolute Gasteiger partial charge is 0.306 e. The molecule has 0 unspecified atom stereocenters. The van der Waals surface area contributed by atoms with Crippen LogP contribution in [0.4, 0.5) is 0 Å². The Bertz CT molecular complexity index is 652. The maximum atomic E-state index is 11.7. The van der Waals surface area contributed by atoms with Crippen LogP contribution in [0.25, 0.3) is 0 Å². The van der Waals surface area contributed by atoms with Gasteiger partial charge in [-0.1, -0.05) is 49.2 Å². The molecule has 0 fully saturated rings. The van der Waals surface area contributed by atoms with Gasteiger partial charge in [0.2, 0.25) is 0 Å². The minimum Gasteiger partial charge on any atom is -0.504 e. The first-order valence-corrected chi connectivity index (χ1v) is 8.85. The molecule has 2 N–H and O–H groups in total. The lowest BCUT2D eigenvalue weighted by molar-refractivity contribution is -0.143. The third kappa shape index (κ3) is 7.29. The van der Waals surface area contributed by atoms with Crippen molar-refractivity contribution in [3.8, 4) is 11.5 Å². The number of aromatic hydroxyl groups is 2. The molecule has 0 aliphatic carbocycles. The molecule has 0 heterocycles. The lowest BCUT2D eigenvalue weighted by Crippen LogP contribution is -2.07. The van der Waals surface area contributed by atoms with E-state index in [4.69, 9.17) is 4.74 Å². The van der Waals surface area contributed by atoms with Crippen LogP contribution in [0.1, 0.15) is 43.2 Å². The first-order chi connectivity index (χ1) is 12.1. The van der Waals surface area contributed by atoms with Gasteiger partial charge in [-0.15, -0.1) is 0 Å². The van der Waals surface area contributed by atoms with E-state index in [-0.39, 0.29) is 23.9 Å². The Hall–Kier alpha value is -2.49. The molecule has 0 saturated carbocycles. The number of benzene rings is 2. The number of ether oxygens (including phenoxy) is 1. The van der Waals surface area contributed by atoms with Crippen molar-refractivity contribution in [3.63, 3.8) is 0 Å². The highest BCUT2D eigenvalue weighted by Crippen LogP contribution is 2.25. The number of hydrogen-bond acceptors (Lipinski definition) is 4. The fourth-order valence-electron chi connectivity index (χ4n) is 2.66. The number of phenolic OH excluding ortho intramolecular Hbond substituents is 2. The molecule has 0 aliphatic heterocycles. The van der Waals surface area contributed by atoms with Gasteiger partial charge in [-0.2, -0.15) is 0 Å². The Morgan fingerprint density at radius 2 is 1.56 bits per heavy atom. The van der Waals surface area contributed by atoms with Crippen LogP contribution >= 0.6 is 0 Å². The third-order valence-corrected chi connectivity index (χ3v) is 4.12. The van der Waals surface area contributed by atoms with Crippen molar-refractivity contribution in [1.82, 2.24) is 0 Å². The SMILES string of the molecule is O=C(CCc1ccc(O)c(O)c1)OCCCCCCc1ccccc1. The summed E-state index contributed by atoms with van der Waals surface area (Å²) in [5, 5.41) is 18.7. The Balaban J connectivity index is 1.50. The molecular formula is C21H26O4. The molecule has 2 rings (SSSR count). The fourth-order valence-corrected chi connectivity index (χ4v) is 2.66. The second kappa shape index (κ2) is 10.4. The number of esters is 1. The van der Waals surface area contributed by atoms with Gasteiger partial charge in [0.25, 0.3) is 0 Å². The van der Waals surface area contributed by atoms with Crippen molar-refractivity contribution in [2.24, 2.45) is 0 Å². The predicted molar refractivity (Wildman–Crippen MR) is 97.7 cm³/mol. The van der Waals surface area contributed by atoms with Gasteiger partial charge in [-0.05, 0) is 48.9 Å². The van der Waals surface area contributed by atoms with Crippen molar-refractivity contribution >= 4 is 5.97 Å². The van der Waals surface area contributed by atoms with Gasteiger partial charge >= 0.3 is 5.97 Å². The van der Waals surface area contributed by atoms with E-state index in [0.29, 0.717) is 13.0 Å². The Morgan fingerprint density at radius 1 is 0.800 bits per heavy atom. The van der Waals surface area contributed by atoms with Gasteiger partial charge in [-0.25, -0.2) is 0 Å². The lowest BCUT2D eigenvalue weighted by Gasteiger charge is -2.06. The molecule has 2 aromatic rings. The zero-order valence-corrected chi connectivity index (χ0v) is 14.5. The van der Waals surface area contributed by atoms with E-state index in [1.807, 2.05) is 6.07 Å². The monoisotopic (exact) mass is 342 g/mol.